The number of likely N-dealkylation sites (tertiary alicyclic amines) is 1. The van der Waals surface area contributed by atoms with Crippen LogP contribution in [0.15, 0.2) is 119 Å². The van der Waals surface area contributed by atoms with Gasteiger partial charge >= 0.3 is 6.03 Å². The molecule has 0 bridgehead atoms. The van der Waals surface area contributed by atoms with Gasteiger partial charge in [0, 0.05) is 54.4 Å². The number of fused-ring (bicyclic) bond motifs is 5. The number of likely N-dealkylation sites (N-methyl/N-ethyl adjacent to an activating group) is 4. The minimum absolute atomic E-state index is 0.130. The Hall–Kier alpha value is -4.49. The lowest BCUT2D eigenvalue weighted by molar-refractivity contribution is -0.145. The van der Waals surface area contributed by atoms with Crippen molar-refractivity contribution in [3.63, 3.8) is 0 Å². The van der Waals surface area contributed by atoms with Gasteiger partial charge in [-0.2, -0.15) is 5.43 Å². The molecule has 5 aliphatic heterocycles. The third kappa shape index (κ3) is 3.66. The van der Waals surface area contributed by atoms with Gasteiger partial charge in [-0.05, 0) is 43.3 Å². The van der Waals surface area contributed by atoms with E-state index in [0.29, 0.717) is 18.3 Å². The second kappa shape index (κ2) is 11.0. The van der Waals surface area contributed by atoms with Gasteiger partial charge in [-0.25, -0.2) is 14.8 Å². The van der Waals surface area contributed by atoms with Crippen LogP contribution in [0.3, 0.4) is 0 Å². The molecule has 2 spiro atoms. The minimum atomic E-state index is -1.38. The monoisotopic (exact) mass is 761 g/mol. The topological polar surface area (TPSA) is 91.8 Å². The van der Waals surface area contributed by atoms with Gasteiger partial charge in [-0.3, -0.25) is 24.3 Å². The van der Waals surface area contributed by atoms with Crippen LogP contribution in [0.5, 0.6) is 0 Å². The summed E-state index contributed by atoms with van der Waals surface area (Å²) < 4.78 is -0.457. The van der Waals surface area contributed by atoms with Crippen LogP contribution in [0, 0.1) is 0 Å². The van der Waals surface area contributed by atoms with E-state index in [4.69, 9.17) is 4.99 Å². The molecule has 258 valence electrons. The van der Waals surface area contributed by atoms with Crippen molar-refractivity contribution < 1.29 is 14.4 Å². The summed E-state index contributed by atoms with van der Waals surface area (Å²) in [6.45, 7) is 2.88. The van der Waals surface area contributed by atoms with E-state index in [-0.39, 0.29) is 17.8 Å². The van der Waals surface area contributed by atoms with Gasteiger partial charge in [0.25, 0.3) is 11.8 Å². The van der Waals surface area contributed by atoms with Gasteiger partial charge < -0.3 is 4.90 Å². The lowest BCUT2D eigenvalue weighted by Crippen LogP contribution is -2.72. The second-order valence-electron chi connectivity index (χ2n) is 13.8. The molecule has 5 atom stereocenters. The molecule has 5 aliphatic rings. The summed E-state index contributed by atoms with van der Waals surface area (Å²) in [4.78, 5) is 58.2. The number of carbonyl (C=O) groups is 3. The molecule has 3 unspecified atom stereocenters. The first kappa shape index (κ1) is 32.4. The summed E-state index contributed by atoms with van der Waals surface area (Å²) >= 11 is 4.94. The second-order valence-corrected chi connectivity index (χ2v) is 15.9. The molecule has 10 nitrogen and oxygen atoms in total. The Bertz CT molecular complexity index is 2150. The molecule has 3 saturated heterocycles. The number of benzene rings is 4. The van der Waals surface area contributed by atoms with Gasteiger partial charge in [0.05, 0.1) is 0 Å². The number of hydrazine groups is 1. The van der Waals surface area contributed by atoms with E-state index in [0.717, 1.165) is 32.4 Å². The molecule has 0 aromatic heterocycles. The Balaban J connectivity index is 1.35. The predicted octanol–water partition coefficient (Wildman–Crippen LogP) is 5.63. The molecule has 51 heavy (non-hydrogen) atoms. The third-order valence-corrected chi connectivity index (χ3v) is 13.8. The zero-order chi connectivity index (χ0) is 35.5. The molecular formula is C39H36BrN7O3S. The fourth-order valence-corrected chi connectivity index (χ4v) is 11.5. The van der Waals surface area contributed by atoms with Crippen LogP contribution in [-0.4, -0.2) is 81.7 Å². The molecule has 4 aromatic carbocycles. The molecule has 1 N–H and O–H groups in total. The number of halogens is 1. The Morgan fingerprint density at radius 2 is 1.43 bits per heavy atom. The number of thioether (sulfide) groups is 1. The number of hydrogen-bond donors (Lipinski definition) is 1. The maximum Gasteiger partial charge on any atom is 0.323 e. The molecule has 0 aliphatic carbocycles. The van der Waals surface area contributed by atoms with Crippen molar-refractivity contribution >= 4 is 56.4 Å². The van der Waals surface area contributed by atoms with Crippen molar-refractivity contribution in [1.29, 1.82) is 0 Å². The highest BCUT2D eigenvalue weighted by molar-refractivity contribution is 9.10. The lowest BCUT2D eigenvalue weighted by Gasteiger charge is -2.51. The zero-order valence-corrected chi connectivity index (χ0v) is 31.0. The molecule has 9 rings (SSSR count). The number of aliphatic imine (C=N–C) groups is 1. The van der Waals surface area contributed by atoms with Gasteiger partial charge in [0.2, 0.25) is 5.66 Å². The lowest BCUT2D eigenvalue weighted by atomic mass is 9.72. The van der Waals surface area contributed by atoms with Gasteiger partial charge in [-0.15, -0.1) is 0 Å². The van der Waals surface area contributed by atoms with Crippen LogP contribution in [-0.2, 0) is 26.5 Å². The van der Waals surface area contributed by atoms with Crippen LogP contribution in [0.1, 0.15) is 35.1 Å². The largest absolute Gasteiger partial charge is 0.323 e. The van der Waals surface area contributed by atoms with Crippen LogP contribution in [0.25, 0.3) is 0 Å². The van der Waals surface area contributed by atoms with E-state index >= 15 is 9.59 Å². The maximum absolute atomic E-state index is 16.0. The predicted molar refractivity (Wildman–Crippen MR) is 201 cm³/mol. The average molecular weight is 763 g/mol. The fourth-order valence-electron chi connectivity index (χ4n) is 9.56. The normalized spacial score (nSPS) is 31.2. The molecule has 4 aromatic rings. The van der Waals surface area contributed by atoms with E-state index in [1.807, 2.05) is 128 Å². The Morgan fingerprint density at radius 3 is 2.10 bits per heavy atom. The Labute approximate surface area is 309 Å². The van der Waals surface area contributed by atoms with E-state index in [1.54, 1.807) is 28.9 Å². The molecule has 0 radical (unpaired) electrons. The Morgan fingerprint density at radius 1 is 0.804 bits per heavy atom. The number of hydrogen-bond acceptors (Lipinski definition) is 7. The summed E-state index contributed by atoms with van der Waals surface area (Å²) in [5.41, 5.74) is 3.75. The smallest absolute Gasteiger partial charge is 0.310 e. The molecular weight excluding hydrogens is 726 g/mol. The number of nitrogens with one attached hydrogen (secondary N) is 1. The quantitative estimate of drug-likeness (QED) is 0.290. The van der Waals surface area contributed by atoms with Crippen LogP contribution in [0.2, 0.25) is 0 Å². The van der Waals surface area contributed by atoms with Crippen molar-refractivity contribution in [2.24, 2.45) is 4.99 Å². The average Bonchev–Trinajstić information content (AvgIpc) is 3.75. The molecule has 0 saturated carbocycles. The minimum Gasteiger partial charge on any atom is -0.310 e. The maximum atomic E-state index is 16.0. The number of amides is 4. The molecule has 4 amide bonds. The summed E-state index contributed by atoms with van der Waals surface area (Å²) in [6.07, 6.45) is 0. The fraction of sp³-hybridized carbons (Fsp3) is 0.282. The third-order valence-electron chi connectivity index (χ3n) is 11.7. The first-order chi connectivity index (χ1) is 24.6. The highest BCUT2D eigenvalue weighted by atomic mass is 79.9. The first-order valence-corrected chi connectivity index (χ1v) is 18.6. The van der Waals surface area contributed by atoms with Crippen molar-refractivity contribution in [2.75, 3.05) is 39.1 Å². The highest BCUT2D eigenvalue weighted by Gasteiger charge is 2.81. The highest BCUT2D eigenvalue weighted by Crippen LogP contribution is 2.68. The SMILES string of the molecule is CCN1C(=O)C2(c3ccccc31)N(C)CC(c1ccc(Br)cc1)C21SC2=N[C@]3(c4ccccc4)N(C)C(=O)N(C)[C@]3(c3ccccc3)NN2C1=O. The number of carbonyl (C=O) groups excluding carboxylic acids is 3. The molecule has 5 heterocycles. The number of urea groups is 1. The molecule has 12 heteroatoms. The van der Waals surface area contributed by atoms with Gasteiger partial charge in [0.1, 0.15) is 4.75 Å². The van der Waals surface area contributed by atoms with E-state index < -0.39 is 27.5 Å². The number of rotatable bonds is 4. The number of para-hydroxylation sites is 1. The van der Waals surface area contributed by atoms with Gasteiger partial charge in [-0.1, -0.05) is 119 Å². The van der Waals surface area contributed by atoms with Crippen molar-refractivity contribution in [1.82, 2.24) is 25.1 Å². The summed E-state index contributed by atoms with van der Waals surface area (Å²) in [5, 5.41) is 1.95. The number of amidine groups is 1. The summed E-state index contributed by atoms with van der Waals surface area (Å²) in [6, 6.07) is 35.1. The van der Waals surface area contributed by atoms with Crippen molar-refractivity contribution in [3.8, 4) is 0 Å². The molecule has 3 fully saturated rings. The van der Waals surface area contributed by atoms with E-state index in [2.05, 4.69) is 26.3 Å². The van der Waals surface area contributed by atoms with Crippen molar-refractivity contribution in [3.05, 3.63) is 136 Å². The van der Waals surface area contributed by atoms with Crippen LogP contribution >= 0.6 is 27.7 Å². The first-order valence-electron chi connectivity index (χ1n) is 17.0. The standard InChI is InChI=1S/C39H36BrN7O3S/c1-5-46-31-19-13-12-18-29(31)36(32(46)48)37(30(24-43(36)2)25-20-22-28(40)23-21-25)33(49)47-34(51-37)41-38(26-14-8-6-9-15-26)39(42-47,27-16-10-7-11-17-27)45(4)35(50)44(38)3/h6-23,30,42H,5,24H2,1-4H3/t30?,36?,37?,38-,39+/m1/s1. The van der Waals surface area contributed by atoms with E-state index in [9.17, 15) is 4.79 Å². The van der Waals surface area contributed by atoms with Crippen molar-refractivity contribution in [2.45, 2.75) is 34.5 Å². The zero-order valence-electron chi connectivity index (χ0n) is 28.6. The van der Waals surface area contributed by atoms with Gasteiger partial charge in [0.15, 0.2) is 16.4 Å². The number of nitrogens with zero attached hydrogens (tertiary/aromatic N) is 6. The van der Waals surface area contributed by atoms with Crippen LogP contribution < -0.4 is 10.3 Å². The van der Waals surface area contributed by atoms with E-state index in [1.165, 1.54) is 11.8 Å². The Kier molecular flexibility index (Phi) is 7.00. The van der Waals surface area contributed by atoms with Crippen LogP contribution in [0.4, 0.5) is 10.5 Å². The summed E-state index contributed by atoms with van der Waals surface area (Å²) in [7, 11) is 5.47. The summed E-state index contributed by atoms with van der Waals surface area (Å²) in [5.74, 6) is -0.818. The number of anilines is 1.